The molecule has 0 aliphatic carbocycles. The number of benzene rings is 1. The molecule has 0 atom stereocenters. The predicted molar refractivity (Wildman–Crippen MR) is 52.8 cm³/mol. The van der Waals surface area contributed by atoms with E-state index in [4.69, 9.17) is 9.79 Å². The summed E-state index contributed by atoms with van der Waals surface area (Å²) in [4.78, 5) is 18.2. The smallest absolute Gasteiger partial charge is 0.301 e. The molecule has 2 rings (SSSR count). The Bertz CT molecular complexity index is 393. The summed E-state index contributed by atoms with van der Waals surface area (Å²) in [6.45, 7) is 0. The predicted octanol–water partition coefficient (Wildman–Crippen LogP) is 1.58. The Kier molecular flexibility index (Phi) is 2.55. The van der Waals surface area contributed by atoms with Crippen LogP contribution in [0.5, 0.6) is 0 Å². The number of fused-ring (bicyclic) bond motifs is 1. The molecule has 1 aromatic rings. The van der Waals surface area contributed by atoms with E-state index < -0.39 is 7.82 Å². The molecule has 1 aromatic carbocycles. The molecule has 1 aliphatic heterocycles. The molecular formula is C7H8NO4PS. The van der Waals surface area contributed by atoms with Gasteiger partial charge in [0.1, 0.15) is 0 Å². The third kappa shape index (κ3) is 2.10. The number of hydrogen-bond donors (Lipinski definition) is 2. The molecule has 0 saturated heterocycles. The van der Waals surface area contributed by atoms with Crippen molar-refractivity contribution in [2.24, 2.45) is 0 Å². The van der Waals surface area contributed by atoms with Crippen LogP contribution >= 0.6 is 19.6 Å². The first kappa shape index (κ1) is 10.0. The second-order valence-corrected chi connectivity index (χ2v) is 4.82. The van der Waals surface area contributed by atoms with Crippen LogP contribution in [0.25, 0.3) is 0 Å². The third-order valence-electron chi connectivity index (χ3n) is 1.68. The fraction of sp³-hybridized carbons (Fsp3) is 0.143. The maximum atomic E-state index is 10.6. The Morgan fingerprint density at radius 2 is 2.14 bits per heavy atom. The number of para-hydroxylation sites is 1. The first-order valence-electron chi connectivity index (χ1n) is 3.81. The average molecular weight is 233 g/mol. The third-order valence-corrected chi connectivity index (χ3v) is 3.11. The van der Waals surface area contributed by atoms with Gasteiger partial charge in [-0.25, -0.2) is 9.63 Å². The van der Waals surface area contributed by atoms with Crippen molar-refractivity contribution in [2.45, 2.75) is 4.90 Å². The monoisotopic (exact) mass is 233 g/mol. The molecule has 5 nitrogen and oxygen atoms in total. The molecule has 76 valence electrons. The molecule has 0 aromatic heterocycles. The second-order valence-electron chi connectivity index (χ2n) is 2.69. The van der Waals surface area contributed by atoms with Crippen molar-refractivity contribution in [3.8, 4) is 0 Å². The number of hydroxylamine groups is 1. The summed E-state index contributed by atoms with van der Waals surface area (Å²) in [5, 5.41) is 1.21. The zero-order valence-corrected chi connectivity index (χ0v) is 8.74. The summed E-state index contributed by atoms with van der Waals surface area (Å²) in [5.41, 5.74) is 0.695. The maximum Gasteiger partial charge on any atom is 0.491 e. The summed E-state index contributed by atoms with van der Waals surface area (Å²) in [5.74, 6) is 0.393. The van der Waals surface area contributed by atoms with Crippen molar-refractivity contribution < 1.29 is 19.0 Å². The summed E-state index contributed by atoms with van der Waals surface area (Å²) in [7, 11) is -4.46. The molecule has 14 heavy (non-hydrogen) atoms. The van der Waals surface area contributed by atoms with Gasteiger partial charge in [0, 0.05) is 4.90 Å². The standard InChI is InChI=1S/C7H8NO4PS/c9-13(10,11)12-8-5-14-7-4-2-1-3-6(7)8/h1-4H,5H2,(H2,9,10,11). The van der Waals surface area contributed by atoms with Crippen LogP contribution in [0, 0.1) is 0 Å². The van der Waals surface area contributed by atoms with Gasteiger partial charge in [0.05, 0.1) is 11.6 Å². The lowest BCUT2D eigenvalue weighted by Crippen LogP contribution is -2.17. The van der Waals surface area contributed by atoms with E-state index in [0.717, 1.165) is 4.90 Å². The number of phosphoric acid groups is 1. The largest absolute Gasteiger partial charge is 0.491 e. The first-order chi connectivity index (χ1) is 6.56. The lowest BCUT2D eigenvalue weighted by atomic mass is 10.3. The molecule has 0 saturated carbocycles. The van der Waals surface area contributed by atoms with Crippen LogP contribution in [0.2, 0.25) is 0 Å². The zero-order valence-electron chi connectivity index (χ0n) is 7.03. The van der Waals surface area contributed by atoms with E-state index in [9.17, 15) is 4.57 Å². The molecule has 0 fully saturated rings. The maximum absolute atomic E-state index is 10.6. The van der Waals surface area contributed by atoms with Crippen molar-refractivity contribution in [2.75, 3.05) is 10.9 Å². The second kappa shape index (κ2) is 3.56. The lowest BCUT2D eigenvalue weighted by molar-refractivity contribution is 0.187. The number of rotatable bonds is 2. The molecule has 1 heterocycles. The fourth-order valence-corrected chi connectivity index (χ4v) is 2.60. The van der Waals surface area contributed by atoms with E-state index in [1.54, 1.807) is 12.1 Å². The van der Waals surface area contributed by atoms with Gasteiger partial charge < -0.3 is 9.79 Å². The van der Waals surface area contributed by atoms with Crippen molar-refractivity contribution >= 4 is 25.3 Å². The topological polar surface area (TPSA) is 70.0 Å². The quantitative estimate of drug-likeness (QED) is 0.756. The van der Waals surface area contributed by atoms with Gasteiger partial charge in [-0.3, -0.25) is 0 Å². The Hall–Kier alpha value is -0.520. The van der Waals surface area contributed by atoms with Crippen molar-refractivity contribution in [1.29, 1.82) is 0 Å². The number of thioether (sulfide) groups is 1. The van der Waals surface area contributed by atoms with E-state index in [2.05, 4.69) is 4.62 Å². The SMILES string of the molecule is O=P(O)(O)ON1CSc2ccccc21. The van der Waals surface area contributed by atoms with Crippen LogP contribution < -0.4 is 5.06 Å². The summed E-state index contributed by atoms with van der Waals surface area (Å²) in [6.07, 6.45) is 0. The van der Waals surface area contributed by atoms with Crippen LogP contribution in [0.4, 0.5) is 5.69 Å². The average Bonchev–Trinajstić information content (AvgIpc) is 2.47. The minimum absolute atomic E-state index is 0.393. The number of nitrogens with zero attached hydrogens (tertiary/aromatic N) is 1. The molecule has 0 radical (unpaired) electrons. The van der Waals surface area contributed by atoms with Gasteiger partial charge in [-0.15, -0.1) is 0 Å². The highest BCUT2D eigenvalue weighted by molar-refractivity contribution is 7.99. The van der Waals surface area contributed by atoms with E-state index in [0.29, 0.717) is 11.6 Å². The Morgan fingerprint density at radius 3 is 2.86 bits per heavy atom. The highest BCUT2D eigenvalue weighted by Crippen LogP contribution is 2.45. The molecule has 0 amide bonds. The highest BCUT2D eigenvalue weighted by atomic mass is 32.2. The Balaban J connectivity index is 2.23. The van der Waals surface area contributed by atoms with Gasteiger partial charge in [0.2, 0.25) is 0 Å². The van der Waals surface area contributed by atoms with Crippen molar-refractivity contribution in [3.05, 3.63) is 24.3 Å². The van der Waals surface area contributed by atoms with Crippen LogP contribution in [0.1, 0.15) is 0 Å². The molecule has 7 heteroatoms. The normalized spacial score (nSPS) is 15.7. The lowest BCUT2D eigenvalue weighted by Gasteiger charge is -2.17. The summed E-state index contributed by atoms with van der Waals surface area (Å²) < 4.78 is 15.1. The van der Waals surface area contributed by atoms with E-state index in [1.807, 2.05) is 12.1 Å². The van der Waals surface area contributed by atoms with Gasteiger partial charge in [-0.1, -0.05) is 23.9 Å². The van der Waals surface area contributed by atoms with Gasteiger partial charge in [0.15, 0.2) is 0 Å². The minimum Gasteiger partial charge on any atom is -0.301 e. The van der Waals surface area contributed by atoms with Crippen LogP contribution in [-0.4, -0.2) is 15.7 Å². The first-order valence-corrected chi connectivity index (χ1v) is 6.32. The van der Waals surface area contributed by atoms with E-state index in [-0.39, 0.29) is 0 Å². The molecule has 0 unspecified atom stereocenters. The van der Waals surface area contributed by atoms with Gasteiger partial charge in [-0.05, 0) is 12.1 Å². The molecule has 1 aliphatic rings. The number of anilines is 1. The van der Waals surface area contributed by atoms with Gasteiger partial charge >= 0.3 is 7.82 Å². The Morgan fingerprint density at radius 1 is 1.43 bits per heavy atom. The van der Waals surface area contributed by atoms with Gasteiger partial charge in [0.25, 0.3) is 0 Å². The zero-order chi connectivity index (χ0) is 10.2. The molecular weight excluding hydrogens is 225 g/mol. The molecule has 0 spiro atoms. The molecule has 2 N–H and O–H groups in total. The van der Waals surface area contributed by atoms with E-state index in [1.165, 1.54) is 16.8 Å². The van der Waals surface area contributed by atoms with Crippen LogP contribution in [-0.2, 0) is 9.19 Å². The van der Waals surface area contributed by atoms with E-state index >= 15 is 0 Å². The van der Waals surface area contributed by atoms with Crippen LogP contribution in [0.15, 0.2) is 29.2 Å². The highest BCUT2D eigenvalue weighted by Gasteiger charge is 2.27. The van der Waals surface area contributed by atoms with Crippen LogP contribution in [0.3, 0.4) is 0 Å². The number of hydrogen-bond acceptors (Lipinski definition) is 4. The minimum atomic E-state index is -4.46. The molecule has 0 bridgehead atoms. The summed E-state index contributed by atoms with van der Waals surface area (Å²) in [6, 6.07) is 7.29. The summed E-state index contributed by atoms with van der Waals surface area (Å²) >= 11 is 1.47. The fourth-order valence-electron chi connectivity index (χ4n) is 1.18. The Labute approximate surface area is 84.9 Å². The van der Waals surface area contributed by atoms with Crippen molar-refractivity contribution in [1.82, 2.24) is 0 Å². The van der Waals surface area contributed by atoms with Crippen molar-refractivity contribution in [3.63, 3.8) is 0 Å². The van der Waals surface area contributed by atoms with Gasteiger partial charge in [-0.2, -0.15) is 4.62 Å².